The first-order chi connectivity index (χ1) is 6.52. The van der Waals surface area contributed by atoms with Gasteiger partial charge in [0.25, 0.3) is 5.69 Å². The Morgan fingerprint density at radius 1 is 1.40 bits per heavy atom. The van der Waals surface area contributed by atoms with Gasteiger partial charge in [-0.3, -0.25) is 14.9 Å². The number of carboxylic acids is 1. The predicted octanol–water partition coefficient (Wildman–Crippen LogP) is 1.10. The maximum atomic E-state index is 10.5. The molecule has 0 aliphatic carbocycles. The summed E-state index contributed by atoms with van der Waals surface area (Å²) in [5.74, 6) is -1.17. The molecule has 1 atom stereocenters. The zero-order valence-electron chi connectivity index (χ0n) is 7.49. The van der Waals surface area contributed by atoms with Gasteiger partial charge in [0.2, 0.25) is 0 Å². The Bertz CT molecular complexity index is 365. The number of rotatable bonds is 3. The van der Waals surface area contributed by atoms with Crippen molar-refractivity contribution in [3.8, 4) is 0 Å². The van der Waals surface area contributed by atoms with Gasteiger partial charge in [-0.2, -0.15) is 0 Å². The highest BCUT2D eigenvalue weighted by Crippen LogP contribution is 2.16. The predicted molar refractivity (Wildman–Crippen MR) is 54.9 cm³/mol. The smallest absolute Gasteiger partial charge is 0.325 e. The van der Waals surface area contributed by atoms with Crippen molar-refractivity contribution in [3.63, 3.8) is 0 Å². The van der Waals surface area contributed by atoms with Crippen molar-refractivity contribution >= 4 is 24.1 Å². The maximum absolute atomic E-state index is 10.5. The van der Waals surface area contributed by atoms with Crippen molar-refractivity contribution in [1.82, 2.24) is 0 Å². The van der Waals surface area contributed by atoms with Crippen LogP contribution in [0.3, 0.4) is 0 Å². The van der Waals surface area contributed by atoms with Crippen LogP contribution in [0.25, 0.3) is 0 Å². The van der Waals surface area contributed by atoms with Crippen molar-refractivity contribution in [3.05, 3.63) is 39.9 Å². The summed E-state index contributed by atoms with van der Waals surface area (Å²) >= 11 is 0. The molecule has 0 aliphatic rings. The lowest BCUT2D eigenvalue weighted by Gasteiger charge is -2.05. The third kappa shape index (κ3) is 3.19. The number of hydrogen-bond acceptors (Lipinski definition) is 4. The molecule has 0 saturated heterocycles. The van der Waals surface area contributed by atoms with Gasteiger partial charge in [0, 0.05) is 12.1 Å². The molecular formula is C8H9ClN2O4. The number of nitrogens with zero attached hydrogens (tertiary/aromatic N) is 1. The van der Waals surface area contributed by atoms with Crippen molar-refractivity contribution in [2.45, 2.75) is 6.04 Å². The number of carboxylic acid groups (broad SMARTS) is 1. The number of hydrogen-bond donors (Lipinski definition) is 2. The molecule has 1 aromatic carbocycles. The van der Waals surface area contributed by atoms with Crippen molar-refractivity contribution < 1.29 is 14.8 Å². The zero-order valence-corrected chi connectivity index (χ0v) is 8.31. The Hall–Kier alpha value is -1.66. The minimum absolute atomic E-state index is 0. The Morgan fingerprint density at radius 3 is 2.20 bits per heavy atom. The highest BCUT2D eigenvalue weighted by atomic mass is 35.5. The fourth-order valence-electron chi connectivity index (χ4n) is 0.946. The Kier molecular flexibility index (Phi) is 4.69. The molecule has 0 saturated carbocycles. The molecule has 7 heteroatoms. The van der Waals surface area contributed by atoms with Gasteiger partial charge in [-0.25, -0.2) is 0 Å². The third-order valence-corrected chi connectivity index (χ3v) is 1.73. The first kappa shape index (κ1) is 13.3. The molecule has 0 heterocycles. The van der Waals surface area contributed by atoms with E-state index in [1.807, 2.05) is 0 Å². The summed E-state index contributed by atoms with van der Waals surface area (Å²) in [6, 6.07) is 3.96. The third-order valence-electron chi connectivity index (χ3n) is 1.73. The number of nitrogens with two attached hydrogens (primary N) is 1. The van der Waals surface area contributed by atoms with E-state index >= 15 is 0 Å². The van der Waals surface area contributed by atoms with Crippen LogP contribution < -0.4 is 5.73 Å². The molecule has 15 heavy (non-hydrogen) atoms. The van der Waals surface area contributed by atoms with E-state index in [0.717, 1.165) is 0 Å². The van der Waals surface area contributed by atoms with E-state index < -0.39 is 16.9 Å². The first-order valence-electron chi connectivity index (χ1n) is 3.75. The van der Waals surface area contributed by atoms with Crippen LogP contribution >= 0.6 is 12.4 Å². The van der Waals surface area contributed by atoms with Gasteiger partial charge >= 0.3 is 5.97 Å². The average molecular weight is 233 g/mol. The molecule has 1 rings (SSSR count). The second-order valence-electron chi connectivity index (χ2n) is 2.66. The molecule has 0 fully saturated rings. The quantitative estimate of drug-likeness (QED) is 0.599. The van der Waals surface area contributed by atoms with Gasteiger partial charge in [-0.15, -0.1) is 12.4 Å². The minimum Gasteiger partial charge on any atom is -0.480 e. The lowest BCUT2D eigenvalue weighted by Crippen LogP contribution is -2.20. The number of halogens is 1. The van der Waals surface area contributed by atoms with Crippen LogP contribution in [0, 0.1) is 10.1 Å². The summed E-state index contributed by atoms with van der Waals surface area (Å²) in [4.78, 5) is 20.2. The van der Waals surface area contributed by atoms with Crippen LogP contribution in [0.2, 0.25) is 0 Å². The molecule has 0 aromatic heterocycles. The van der Waals surface area contributed by atoms with Gasteiger partial charge in [-0.1, -0.05) is 12.1 Å². The number of nitro benzene ring substituents is 1. The van der Waals surface area contributed by atoms with Crippen LogP contribution in [0.1, 0.15) is 11.6 Å². The molecule has 1 unspecified atom stereocenters. The Labute approximate surface area is 91.3 Å². The van der Waals surface area contributed by atoms with Crippen LogP contribution in [-0.4, -0.2) is 16.0 Å². The number of aliphatic carboxylic acids is 1. The minimum atomic E-state index is -1.17. The molecule has 0 spiro atoms. The summed E-state index contributed by atoms with van der Waals surface area (Å²) in [6.07, 6.45) is 0. The van der Waals surface area contributed by atoms with E-state index in [1.165, 1.54) is 24.3 Å². The van der Waals surface area contributed by atoms with Gasteiger partial charge < -0.3 is 10.8 Å². The van der Waals surface area contributed by atoms with Crippen LogP contribution in [0.5, 0.6) is 0 Å². The van der Waals surface area contributed by atoms with Gasteiger partial charge in [-0.05, 0) is 5.56 Å². The molecule has 3 N–H and O–H groups in total. The van der Waals surface area contributed by atoms with Crippen molar-refractivity contribution in [2.75, 3.05) is 0 Å². The van der Waals surface area contributed by atoms with Crippen LogP contribution in [0.15, 0.2) is 24.3 Å². The standard InChI is InChI=1S/C8H8N2O4.ClH/c9-7(8(11)12)5-1-3-6(4-2-5)10(13)14;/h1-4,7H,9H2,(H,11,12);1H. The number of non-ortho nitro benzene ring substituents is 1. The fraction of sp³-hybridized carbons (Fsp3) is 0.125. The van der Waals surface area contributed by atoms with E-state index in [4.69, 9.17) is 10.8 Å². The van der Waals surface area contributed by atoms with Crippen molar-refractivity contribution in [2.24, 2.45) is 5.73 Å². The highest BCUT2D eigenvalue weighted by Gasteiger charge is 2.15. The molecule has 0 amide bonds. The normalized spacial score (nSPS) is 11.3. The van der Waals surface area contributed by atoms with E-state index in [-0.39, 0.29) is 18.1 Å². The van der Waals surface area contributed by atoms with E-state index in [1.54, 1.807) is 0 Å². The Balaban J connectivity index is 0.00000196. The fourth-order valence-corrected chi connectivity index (χ4v) is 0.946. The molecule has 0 bridgehead atoms. The largest absolute Gasteiger partial charge is 0.480 e. The summed E-state index contributed by atoms with van der Waals surface area (Å²) in [5.41, 5.74) is 5.54. The summed E-state index contributed by atoms with van der Waals surface area (Å²) in [7, 11) is 0. The van der Waals surface area contributed by atoms with E-state index in [2.05, 4.69) is 0 Å². The Morgan fingerprint density at radius 2 is 1.87 bits per heavy atom. The maximum Gasteiger partial charge on any atom is 0.325 e. The second-order valence-corrected chi connectivity index (χ2v) is 2.66. The van der Waals surface area contributed by atoms with E-state index in [0.29, 0.717) is 5.56 Å². The van der Waals surface area contributed by atoms with Gasteiger partial charge in [0.1, 0.15) is 6.04 Å². The molecule has 1 aromatic rings. The molecule has 6 nitrogen and oxygen atoms in total. The van der Waals surface area contributed by atoms with Crippen LogP contribution in [0.4, 0.5) is 5.69 Å². The lowest BCUT2D eigenvalue weighted by atomic mass is 10.1. The average Bonchev–Trinajstić information content (AvgIpc) is 2.16. The highest BCUT2D eigenvalue weighted by molar-refractivity contribution is 5.85. The molecular weight excluding hydrogens is 224 g/mol. The van der Waals surface area contributed by atoms with Crippen molar-refractivity contribution in [1.29, 1.82) is 0 Å². The summed E-state index contributed by atoms with van der Waals surface area (Å²) in [5, 5.41) is 18.8. The second kappa shape index (κ2) is 5.28. The topological polar surface area (TPSA) is 106 Å². The monoisotopic (exact) mass is 232 g/mol. The number of carbonyl (C=O) groups is 1. The van der Waals surface area contributed by atoms with E-state index in [9.17, 15) is 14.9 Å². The van der Waals surface area contributed by atoms with Crippen LogP contribution in [-0.2, 0) is 4.79 Å². The summed E-state index contributed by atoms with van der Waals surface area (Å²) in [6.45, 7) is 0. The molecule has 0 aliphatic heterocycles. The van der Waals surface area contributed by atoms with Gasteiger partial charge in [0.15, 0.2) is 0 Å². The van der Waals surface area contributed by atoms with Gasteiger partial charge in [0.05, 0.1) is 4.92 Å². The lowest BCUT2D eigenvalue weighted by molar-refractivity contribution is -0.384. The zero-order chi connectivity index (χ0) is 10.7. The molecule has 0 radical (unpaired) electrons. The first-order valence-corrected chi connectivity index (χ1v) is 3.75. The summed E-state index contributed by atoms with van der Waals surface area (Å²) < 4.78 is 0. The number of benzene rings is 1. The number of nitro groups is 1. The SMILES string of the molecule is Cl.NC(C(=O)O)c1ccc([N+](=O)[O-])cc1. The molecule has 82 valence electrons.